The number of aromatic nitrogens is 2. The van der Waals surface area contributed by atoms with Crippen molar-refractivity contribution in [3.05, 3.63) is 44.7 Å². The SMILES string of the molecule is Cc1nc([N+](=O)[O-])c(N[C@H]2CCCN(Cc3cc(Cl)ccc3O)C2)n1C. The van der Waals surface area contributed by atoms with Crippen LogP contribution in [0.5, 0.6) is 5.75 Å². The number of phenols is 1. The van der Waals surface area contributed by atoms with Gasteiger partial charge in [-0.1, -0.05) is 11.6 Å². The van der Waals surface area contributed by atoms with Gasteiger partial charge in [0.25, 0.3) is 0 Å². The van der Waals surface area contributed by atoms with Crippen LogP contribution in [0.25, 0.3) is 0 Å². The number of nitro groups is 1. The van der Waals surface area contributed by atoms with Crippen LogP contribution in [0, 0.1) is 17.0 Å². The number of aryl methyl sites for hydroxylation is 1. The first-order valence-corrected chi connectivity index (χ1v) is 8.87. The van der Waals surface area contributed by atoms with Crippen molar-refractivity contribution in [2.75, 3.05) is 18.4 Å². The number of benzene rings is 1. The molecule has 140 valence electrons. The van der Waals surface area contributed by atoms with Gasteiger partial charge in [0.1, 0.15) is 5.75 Å². The van der Waals surface area contributed by atoms with E-state index in [9.17, 15) is 15.2 Å². The maximum absolute atomic E-state index is 11.2. The lowest BCUT2D eigenvalue weighted by Crippen LogP contribution is -2.42. The molecule has 0 radical (unpaired) electrons. The predicted octanol–water partition coefficient (Wildman–Crippen LogP) is 3.07. The minimum absolute atomic E-state index is 0.0681. The van der Waals surface area contributed by atoms with Crippen molar-refractivity contribution in [1.82, 2.24) is 14.5 Å². The number of rotatable bonds is 5. The van der Waals surface area contributed by atoms with E-state index in [1.54, 1.807) is 36.7 Å². The molecule has 9 heteroatoms. The smallest absolute Gasteiger partial charge is 0.406 e. The van der Waals surface area contributed by atoms with Gasteiger partial charge >= 0.3 is 5.82 Å². The fraction of sp³-hybridized carbons (Fsp3) is 0.471. The topological polar surface area (TPSA) is 96.5 Å². The third-order valence-corrected chi connectivity index (χ3v) is 4.99. The van der Waals surface area contributed by atoms with E-state index in [0.717, 1.165) is 24.9 Å². The summed E-state index contributed by atoms with van der Waals surface area (Å²) in [5.41, 5.74) is 0.778. The summed E-state index contributed by atoms with van der Waals surface area (Å²) in [6, 6.07) is 5.09. The van der Waals surface area contributed by atoms with Gasteiger partial charge < -0.3 is 20.5 Å². The highest BCUT2D eigenvalue weighted by atomic mass is 35.5. The number of piperidine rings is 1. The van der Waals surface area contributed by atoms with Crippen LogP contribution < -0.4 is 5.32 Å². The van der Waals surface area contributed by atoms with Crippen LogP contribution in [0.2, 0.25) is 5.02 Å². The number of aromatic hydroxyl groups is 1. The fourth-order valence-corrected chi connectivity index (χ4v) is 3.51. The first kappa shape index (κ1) is 18.5. The molecule has 1 aromatic heterocycles. The highest BCUT2D eigenvalue weighted by Gasteiger charge is 2.28. The summed E-state index contributed by atoms with van der Waals surface area (Å²) in [6.07, 6.45) is 1.88. The highest BCUT2D eigenvalue weighted by Crippen LogP contribution is 2.28. The molecule has 0 bridgehead atoms. The van der Waals surface area contributed by atoms with Crippen molar-refractivity contribution in [3.8, 4) is 5.75 Å². The summed E-state index contributed by atoms with van der Waals surface area (Å²) < 4.78 is 1.71. The van der Waals surface area contributed by atoms with E-state index in [2.05, 4.69) is 15.2 Å². The number of phenolic OH excluding ortho intramolecular Hbond substituents is 1. The summed E-state index contributed by atoms with van der Waals surface area (Å²) in [4.78, 5) is 17.0. The molecule has 0 unspecified atom stereocenters. The van der Waals surface area contributed by atoms with Gasteiger partial charge in [-0.2, -0.15) is 0 Å². The lowest BCUT2D eigenvalue weighted by molar-refractivity contribution is -0.388. The van der Waals surface area contributed by atoms with E-state index in [1.165, 1.54) is 0 Å². The monoisotopic (exact) mass is 379 g/mol. The molecular formula is C17H22ClN5O3. The zero-order valence-corrected chi connectivity index (χ0v) is 15.5. The van der Waals surface area contributed by atoms with Crippen LogP contribution in [0.4, 0.5) is 11.6 Å². The molecule has 2 heterocycles. The third kappa shape index (κ3) is 3.91. The van der Waals surface area contributed by atoms with Gasteiger partial charge in [0.2, 0.25) is 11.6 Å². The van der Waals surface area contributed by atoms with Gasteiger partial charge in [0, 0.05) is 43.7 Å². The number of hydrogen-bond donors (Lipinski definition) is 2. The largest absolute Gasteiger partial charge is 0.508 e. The zero-order valence-electron chi connectivity index (χ0n) is 14.8. The molecule has 2 aromatic rings. The van der Waals surface area contributed by atoms with Crippen LogP contribution in [-0.4, -0.2) is 43.6 Å². The van der Waals surface area contributed by atoms with E-state index >= 15 is 0 Å². The lowest BCUT2D eigenvalue weighted by Gasteiger charge is -2.33. The van der Waals surface area contributed by atoms with E-state index in [0.29, 0.717) is 29.8 Å². The van der Waals surface area contributed by atoms with E-state index in [-0.39, 0.29) is 17.6 Å². The van der Waals surface area contributed by atoms with Gasteiger partial charge in [-0.25, -0.2) is 0 Å². The third-order valence-electron chi connectivity index (χ3n) is 4.76. The second-order valence-electron chi connectivity index (χ2n) is 6.64. The number of imidazole rings is 1. The number of anilines is 1. The van der Waals surface area contributed by atoms with Crippen LogP contribution in [-0.2, 0) is 13.6 Å². The molecule has 0 saturated carbocycles. The molecule has 0 spiro atoms. The first-order chi connectivity index (χ1) is 12.3. The summed E-state index contributed by atoms with van der Waals surface area (Å²) in [5, 5.41) is 25.1. The van der Waals surface area contributed by atoms with E-state index < -0.39 is 4.92 Å². The molecule has 1 saturated heterocycles. The van der Waals surface area contributed by atoms with Crippen molar-refractivity contribution >= 4 is 23.2 Å². The van der Waals surface area contributed by atoms with Crippen molar-refractivity contribution in [2.45, 2.75) is 32.4 Å². The van der Waals surface area contributed by atoms with Crippen molar-refractivity contribution < 1.29 is 10.0 Å². The Morgan fingerprint density at radius 2 is 2.27 bits per heavy atom. The highest BCUT2D eigenvalue weighted by molar-refractivity contribution is 6.30. The van der Waals surface area contributed by atoms with Crippen LogP contribution >= 0.6 is 11.6 Å². The standard InChI is InChI=1S/C17H22ClN5O3/c1-11-19-17(23(25)26)16(21(11)2)20-14-4-3-7-22(10-14)9-12-8-13(18)5-6-15(12)24/h5-6,8,14,20,24H,3-4,7,9-10H2,1-2H3/t14-/m0/s1. The summed E-state index contributed by atoms with van der Waals surface area (Å²) in [5.74, 6) is 1.11. The number of likely N-dealkylation sites (tertiary alicyclic amines) is 1. The Labute approximate surface area is 156 Å². The fourth-order valence-electron chi connectivity index (χ4n) is 3.31. The first-order valence-electron chi connectivity index (χ1n) is 8.49. The molecule has 2 N–H and O–H groups in total. The predicted molar refractivity (Wildman–Crippen MR) is 99.6 cm³/mol. The van der Waals surface area contributed by atoms with Crippen LogP contribution in [0.1, 0.15) is 24.2 Å². The molecule has 1 aliphatic heterocycles. The Hall–Kier alpha value is -2.32. The second kappa shape index (κ2) is 7.51. The Morgan fingerprint density at radius 3 is 3.00 bits per heavy atom. The van der Waals surface area contributed by atoms with Gasteiger partial charge in [0.15, 0.2) is 0 Å². The van der Waals surface area contributed by atoms with Crippen molar-refractivity contribution in [1.29, 1.82) is 0 Å². The normalized spacial score (nSPS) is 18.0. The number of nitrogens with zero attached hydrogens (tertiary/aromatic N) is 4. The number of halogens is 1. The molecule has 26 heavy (non-hydrogen) atoms. The van der Waals surface area contributed by atoms with Gasteiger partial charge in [-0.3, -0.25) is 9.47 Å². The molecule has 0 amide bonds. The molecule has 1 aliphatic rings. The molecule has 0 aliphatic carbocycles. The van der Waals surface area contributed by atoms with Crippen LogP contribution in [0.15, 0.2) is 18.2 Å². The quantitative estimate of drug-likeness (QED) is 0.612. The average Bonchev–Trinajstić information content (AvgIpc) is 2.87. The Bertz CT molecular complexity index is 823. The summed E-state index contributed by atoms with van der Waals surface area (Å²) in [6.45, 7) is 3.94. The number of nitrogens with one attached hydrogen (secondary N) is 1. The Balaban J connectivity index is 1.71. The molecule has 1 fully saturated rings. The van der Waals surface area contributed by atoms with Crippen LogP contribution in [0.3, 0.4) is 0 Å². The average molecular weight is 380 g/mol. The minimum atomic E-state index is -0.458. The maximum atomic E-state index is 11.2. The molecule has 1 aromatic carbocycles. The van der Waals surface area contributed by atoms with Gasteiger partial charge in [0.05, 0.1) is 0 Å². The Morgan fingerprint density at radius 1 is 1.50 bits per heavy atom. The van der Waals surface area contributed by atoms with Gasteiger partial charge in [-0.15, -0.1) is 0 Å². The Kier molecular flexibility index (Phi) is 5.33. The lowest BCUT2D eigenvalue weighted by atomic mass is 10.0. The van der Waals surface area contributed by atoms with Gasteiger partial charge in [-0.05, 0) is 47.5 Å². The number of hydrogen-bond acceptors (Lipinski definition) is 6. The zero-order chi connectivity index (χ0) is 18.8. The second-order valence-corrected chi connectivity index (χ2v) is 7.08. The summed E-state index contributed by atoms with van der Waals surface area (Å²) in [7, 11) is 1.77. The minimum Gasteiger partial charge on any atom is -0.508 e. The van der Waals surface area contributed by atoms with Crippen molar-refractivity contribution in [3.63, 3.8) is 0 Å². The molecular weight excluding hydrogens is 358 g/mol. The van der Waals surface area contributed by atoms with Crippen molar-refractivity contribution in [2.24, 2.45) is 7.05 Å². The van der Waals surface area contributed by atoms with E-state index in [1.807, 2.05) is 0 Å². The molecule has 8 nitrogen and oxygen atoms in total. The molecule has 3 rings (SSSR count). The maximum Gasteiger partial charge on any atom is 0.406 e. The summed E-state index contributed by atoms with van der Waals surface area (Å²) >= 11 is 6.02. The van der Waals surface area contributed by atoms with E-state index in [4.69, 9.17) is 11.6 Å². The molecule has 1 atom stereocenters.